The number of ketones is 1. The Labute approximate surface area is 200 Å². The number of phenols is 1. The van der Waals surface area contributed by atoms with Crippen molar-refractivity contribution in [3.05, 3.63) is 56.5 Å². The number of hydrogen-bond acceptors (Lipinski definition) is 3. The fourth-order valence-electron chi connectivity index (χ4n) is 3.42. The maximum absolute atomic E-state index is 12.8. The van der Waals surface area contributed by atoms with Gasteiger partial charge in [0.05, 0.1) is 27.2 Å². The molecular formula is C25H31Cl3O3. The molecule has 0 radical (unpaired) electrons. The molecule has 0 atom stereocenters. The zero-order chi connectivity index (χ0) is 22.6. The van der Waals surface area contributed by atoms with Gasteiger partial charge in [0.2, 0.25) is 0 Å². The number of phenolic OH excluding ortho intramolecular Hbond substituents is 1. The standard InChI is InChI=1S/C25H31Cl3O3/c1-2-3-4-5-6-7-8-9-10-11-16-31-19-14-12-18(13-15-19)25(30)22-23(27)20(26)17-21(29)24(22)28/h12-15,17,29H,2-11,16H2,1H3. The van der Waals surface area contributed by atoms with Gasteiger partial charge in [-0.25, -0.2) is 0 Å². The van der Waals surface area contributed by atoms with Crippen LogP contribution in [0.3, 0.4) is 0 Å². The highest BCUT2D eigenvalue weighted by Gasteiger charge is 2.22. The third kappa shape index (κ3) is 8.21. The predicted molar refractivity (Wildman–Crippen MR) is 130 cm³/mol. The first-order chi connectivity index (χ1) is 15.0. The fourth-order valence-corrected chi connectivity index (χ4v) is 4.13. The van der Waals surface area contributed by atoms with Gasteiger partial charge >= 0.3 is 0 Å². The van der Waals surface area contributed by atoms with E-state index < -0.39 is 5.78 Å². The van der Waals surface area contributed by atoms with Crippen molar-refractivity contribution in [2.24, 2.45) is 0 Å². The molecule has 0 aliphatic rings. The number of carbonyl (C=O) groups is 1. The van der Waals surface area contributed by atoms with Gasteiger partial charge in [-0.1, -0.05) is 99.5 Å². The van der Waals surface area contributed by atoms with Crippen LogP contribution in [0.15, 0.2) is 30.3 Å². The van der Waals surface area contributed by atoms with Crippen LogP contribution in [0, 0.1) is 0 Å². The van der Waals surface area contributed by atoms with Crippen LogP contribution in [0.4, 0.5) is 0 Å². The summed E-state index contributed by atoms with van der Waals surface area (Å²) in [5.41, 5.74) is 0.379. The van der Waals surface area contributed by atoms with Crippen molar-refractivity contribution in [1.29, 1.82) is 0 Å². The molecule has 31 heavy (non-hydrogen) atoms. The van der Waals surface area contributed by atoms with E-state index in [0.717, 1.165) is 6.42 Å². The summed E-state index contributed by atoms with van der Waals surface area (Å²) < 4.78 is 5.78. The molecule has 6 heteroatoms. The molecule has 0 saturated heterocycles. The molecule has 0 aliphatic heterocycles. The molecule has 3 nitrogen and oxygen atoms in total. The minimum Gasteiger partial charge on any atom is -0.506 e. The van der Waals surface area contributed by atoms with Crippen molar-refractivity contribution in [2.45, 2.75) is 71.1 Å². The third-order valence-corrected chi connectivity index (χ3v) is 6.42. The quantitative estimate of drug-likeness (QED) is 0.165. The smallest absolute Gasteiger partial charge is 0.196 e. The highest BCUT2D eigenvalue weighted by Crippen LogP contribution is 2.39. The number of hydrogen-bond donors (Lipinski definition) is 1. The van der Waals surface area contributed by atoms with Gasteiger partial charge in [0.15, 0.2) is 5.78 Å². The minimum absolute atomic E-state index is 0.00707. The second-order valence-electron chi connectivity index (χ2n) is 7.76. The van der Waals surface area contributed by atoms with Crippen molar-refractivity contribution in [3.63, 3.8) is 0 Å². The Hall–Kier alpha value is -1.42. The average Bonchev–Trinajstić information content (AvgIpc) is 2.76. The molecule has 0 unspecified atom stereocenters. The largest absolute Gasteiger partial charge is 0.506 e. The number of rotatable bonds is 14. The summed E-state index contributed by atoms with van der Waals surface area (Å²) in [5, 5.41) is 9.82. The van der Waals surface area contributed by atoms with E-state index in [1.54, 1.807) is 24.3 Å². The van der Waals surface area contributed by atoms with Crippen LogP contribution in [0.5, 0.6) is 11.5 Å². The van der Waals surface area contributed by atoms with Crippen LogP contribution in [0.1, 0.15) is 87.1 Å². The Morgan fingerprint density at radius 2 is 1.39 bits per heavy atom. The molecule has 0 saturated carbocycles. The molecule has 0 bridgehead atoms. The summed E-state index contributed by atoms with van der Waals surface area (Å²) >= 11 is 18.2. The van der Waals surface area contributed by atoms with E-state index in [9.17, 15) is 9.90 Å². The Morgan fingerprint density at radius 1 is 0.839 bits per heavy atom. The molecule has 0 spiro atoms. The molecule has 0 fully saturated rings. The van der Waals surface area contributed by atoms with Gasteiger partial charge in [-0.3, -0.25) is 4.79 Å². The maximum Gasteiger partial charge on any atom is 0.196 e. The number of ether oxygens (including phenoxy) is 1. The molecule has 0 aromatic heterocycles. The van der Waals surface area contributed by atoms with Gasteiger partial charge in [-0.15, -0.1) is 0 Å². The monoisotopic (exact) mass is 484 g/mol. The van der Waals surface area contributed by atoms with Crippen molar-refractivity contribution >= 4 is 40.6 Å². The Morgan fingerprint density at radius 3 is 1.97 bits per heavy atom. The number of halogens is 3. The summed E-state index contributed by atoms with van der Waals surface area (Å²) in [4.78, 5) is 12.8. The lowest BCUT2D eigenvalue weighted by molar-refractivity contribution is 0.103. The van der Waals surface area contributed by atoms with Gasteiger partial charge in [-0.2, -0.15) is 0 Å². The van der Waals surface area contributed by atoms with Crippen LogP contribution in [0.2, 0.25) is 15.1 Å². The van der Waals surface area contributed by atoms with E-state index in [-0.39, 0.29) is 26.4 Å². The lowest BCUT2D eigenvalue weighted by Crippen LogP contribution is -2.04. The zero-order valence-electron chi connectivity index (χ0n) is 18.1. The van der Waals surface area contributed by atoms with Gasteiger partial charge < -0.3 is 9.84 Å². The van der Waals surface area contributed by atoms with E-state index in [1.165, 1.54) is 63.9 Å². The molecule has 170 valence electrons. The van der Waals surface area contributed by atoms with Crippen molar-refractivity contribution in [2.75, 3.05) is 6.61 Å². The van der Waals surface area contributed by atoms with Crippen LogP contribution in [0.25, 0.3) is 0 Å². The molecule has 2 aromatic rings. The average molecular weight is 486 g/mol. The second kappa shape index (κ2) is 13.9. The van der Waals surface area contributed by atoms with E-state index in [0.29, 0.717) is 17.9 Å². The Balaban J connectivity index is 1.74. The fraction of sp³-hybridized carbons (Fsp3) is 0.480. The second-order valence-corrected chi connectivity index (χ2v) is 8.93. The Bertz CT molecular complexity index is 809. The molecular weight excluding hydrogens is 455 g/mol. The van der Waals surface area contributed by atoms with Crippen molar-refractivity contribution < 1.29 is 14.6 Å². The summed E-state index contributed by atoms with van der Waals surface area (Å²) in [7, 11) is 0. The van der Waals surface area contributed by atoms with Gasteiger partial charge in [0.1, 0.15) is 11.5 Å². The molecule has 2 aromatic carbocycles. The summed E-state index contributed by atoms with van der Waals surface area (Å²) in [6.45, 7) is 2.90. The number of aromatic hydroxyl groups is 1. The molecule has 0 heterocycles. The van der Waals surface area contributed by atoms with E-state index in [1.807, 2.05) is 0 Å². The van der Waals surface area contributed by atoms with Crippen molar-refractivity contribution in [1.82, 2.24) is 0 Å². The maximum atomic E-state index is 12.8. The van der Waals surface area contributed by atoms with Crippen LogP contribution < -0.4 is 4.74 Å². The highest BCUT2D eigenvalue weighted by molar-refractivity contribution is 6.47. The van der Waals surface area contributed by atoms with Crippen molar-refractivity contribution in [3.8, 4) is 11.5 Å². The summed E-state index contributed by atoms with van der Waals surface area (Å²) in [5.74, 6) is 0.0171. The van der Waals surface area contributed by atoms with E-state index in [2.05, 4.69) is 6.92 Å². The highest BCUT2D eigenvalue weighted by atomic mass is 35.5. The zero-order valence-corrected chi connectivity index (χ0v) is 20.3. The number of benzene rings is 2. The van der Waals surface area contributed by atoms with Crippen LogP contribution in [-0.2, 0) is 0 Å². The van der Waals surface area contributed by atoms with E-state index in [4.69, 9.17) is 39.5 Å². The molecule has 0 amide bonds. The number of unbranched alkanes of at least 4 members (excludes halogenated alkanes) is 9. The molecule has 0 aliphatic carbocycles. The topological polar surface area (TPSA) is 46.5 Å². The summed E-state index contributed by atoms with van der Waals surface area (Å²) in [6.07, 6.45) is 12.8. The lowest BCUT2D eigenvalue weighted by Gasteiger charge is -2.10. The first kappa shape index (κ1) is 25.8. The minimum atomic E-state index is -0.408. The summed E-state index contributed by atoms with van der Waals surface area (Å²) in [6, 6.07) is 8.01. The molecule has 1 N–H and O–H groups in total. The number of carbonyl (C=O) groups excluding carboxylic acids is 1. The first-order valence-electron chi connectivity index (χ1n) is 11.1. The predicted octanol–water partition coefficient (Wildman–Crippen LogP) is 8.88. The lowest BCUT2D eigenvalue weighted by atomic mass is 10.0. The normalized spacial score (nSPS) is 11.0. The van der Waals surface area contributed by atoms with Gasteiger partial charge in [-0.05, 0) is 30.7 Å². The van der Waals surface area contributed by atoms with Gasteiger partial charge in [0.25, 0.3) is 0 Å². The van der Waals surface area contributed by atoms with Gasteiger partial charge in [0, 0.05) is 11.6 Å². The molecule has 2 rings (SSSR count). The van der Waals surface area contributed by atoms with Crippen LogP contribution >= 0.6 is 34.8 Å². The first-order valence-corrected chi connectivity index (χ1v) is 12.2. The SMILES string of the molecule is CCCCCCCCCCCCOc1ccc(C(=O)c2c(Cl)c(O)cc(Cl)c2Cl)cc1. The third-order valence-electron chi connectivity index (χ3n) is 5.25. The van der Waals surface area contributed by atoms with Crippen LogP contribution in [-0.4, -0.2) is 17.5 Å². The van der Waals surface area contributed by atoms with E-state index >= 15 is 0 Å². The Kier molecular flexibility index (Phi) is 11.6.